The fourth-order valence-electron chi connectivity index (χ4n) is 4.90. The van der Waals surface area contributed by atoms with Gasteiger partial charge in [-0.3, -0.25) is 0 Å². The van der Waals surface area contributed by atoms with E-state index >= 15 is 0 Å². The maximum absolute atomic E-state index is 6.31. The van der Waals surface area contributed by atoms with Crippen LogP contribution >= 0.6 is 0 Å². The van der Waals surface area contributed by atoms with Gasteiger partial charge in [0.05, 0.1) is 6.04 Å². The maximum Gasteiger partial charge on any atom is 0.243 e. The van der Waals surface area contributed by atoms with Gasteiger partial charge >= 0.3 is 0 Å². The molecule has 4 atom stereocenters. The van der Waals surface area contributed by atoms with Crippen LogP contribution in [0.1, 0.15) is 76.6 Å². The maximum atomic E-state index is 6.31. The van der Waals surface area contributed by atoms with Crippen molar-refractivity contribution in [2.45, 2.75) is 70.3 Å². The molecule has 1 heterocycles. The molecule has 0 amide bonds. The van der Waals surface area contributed by atoms with Crippen molar-refractivity contribution in [3.05, 3.63) is 23.4 Å². The van der Waals surface area contributed by atoms with Crippen molar-refractivity contribution in [3.63, 3.8) is 0 Å². The normalized spacial score (nSPS) is 30.4. The molecule has 0 aromatic carbocycles. The van der Waals surface area contributed by atoms with E-state index in [1.165, 1.54) is 6.42 Å². The van der Waals surface area contributed by atoms with Crippen molar-refractivity contribution < 1.29 is 4.52 Å². The van der Waals surface area contributed by atoms with Gasteiger partial charge in [0, 0.05) is 5.41 Å². The van der Waals surface area contributed by atoms with E-state index in [1.807, 2.05) is 0 Å². The van der Waals surface area contributed by atoms with Gasteiger partial charge in [0.15, 0.2) is 5.82 Å². The molecule has 0 radical (unpaired) electrons. The highest BCUT2D eigenvalue weighted by Gasteiger charge is 2.45. The van der Waals surface area contributed by atoms with Gasteiger partial charge in [-0.1, -0.05) is 37.1 Å². The molecule has 25 heavy (non-hydrogen) atoms. The molecule has 5 nitrogen and oxygen atoms in total. The SMILES string of the molecule is CC1C=C2CC(C)CC(c3noc(C(N)CCCCN(C)C)n3)(C2)C1. The molecule has 0 spiro atoms. The van der Waals surface area contributed by atoms with Gasteiger partial charge in [0.1, 0.15) is 0 Å². The summed E-state index contributed by atoms with van der Waals surface area (Å²) in [6, 6.07) is -0.142. The summed E-state index contributed by atoms with van der Waals surface area (Å²) < 4.78 is 5.60. The zero-order valence-electron chi connectivity index (χ0n) is 16.3. The van der Waals surface area contributed by atoms with Crippen molar-refractivity contribution >= 4 is 0 Å². The first-order valence-electron chi connectivity index (χ1n) is 9.82. The van der Waals surface area contributed by atoms with E-state index in [0.717, 1.165) is 50.9 Å². The fraction of sp³-hybridized carbons (Fsp3) is 0.800. The largest absolute Gasteiger partial charge is 0.338 e. The number of hydrogen-bond donors (Lipinski definition) is 1. The molecular weight excluding hydrogens is 312 g/mol. The van der Waals surface area contributed by atoms with Crippen LogP contribution < -0.4 is 5.73 Å². The lowest BCUT2D eigenvalue weighted by Gasteiger charge is -2.43. The van der Waals surface area contributed by atoms with E-state index in [4.69, 9.17) is 15.2 Å². The van der Waals surface area contributed by atoms with Gasteiger partial charge < -0.3 is 15.2 Å². The van der Waals surface area contributed by atoms with Gasteiger partial charge in [-0.2, -0.15) is 4.98 Å². The van der Waals surface area contributed by atoms with E-state index < -0.39 is 0 Å². The van der Waals surface area contributed by atoms with Crippen molar-refractivity contribution in [1.29, 1.82) is 0 Å². The Hall–Kier alpha value is -1.20. The second-order valence-corrected chi connectivity index (χ2v) is 8.84. The summed E-state index contributed by atoms with van der Waals surface area (Å²) in [5.74, 6) is 2.80. The number of nitrogens with zero attached hydrogens (tertiary/aromatic N) is 3. The Kier molecular flexibility index (Phi) is 5.64. The fourth-order valence-corrected chi connectivity index (χ4v) is 4.90. The minimum absolute atomic E-state index is 0.0631. The predicted molar refractivity (Wildman–Crippen MR) is 100 cm³/mol. The summed E-state index contributed by atoms with van der Waals surface area (Å²) in [5.41, 5.74) is 7.96. The molecule has 0 saturated heterocycles. The first kappa shape index (κ1) is 18.6. The van der Waals surface area contributed by atoms with Crippen LogP contribution in [0, 0.1) is 11.8 Å². The summed E-state index contributed by atoms with van der Waals surface area (Å²) in [4.78, 5) is 6.99. The Labute approximate surface area is 152 Å². The number of fused-ring (bicyclic) bond motifs is 2. The van der Waals surface area contributed by atoms with Gasteiger partial charge in [-0.05, 0) is 71.0 Å². The quantitative estimate of drug-likeness (QED) is 0.600. The number of aromatic nitrogens is 2. The average Bonchev–Trinajstić information content (AvgIpc) is 3.00. The van der Waals surface area contributed by atoms with Gasteiger partial charge in [-0.25, -0.2) is 0 Å². The summed E-state index contributed by atoms with van der Waals surface area (Å²) in [5, 5.41) is 4.40. The molecule has 2 aliphatic rings. The Balaban J connectivity index is 1.67. The molecule has 1 aromatic heterocycles. The van der Waals surface area contributed by atoms with E-state index in [0.29, 0.717) is 17.7 Å². The van der Waals surface area contributed by atoms with Crippen molar-refractivity contribution in [2.75, 3.05) is 20.6 Å². The van der Waals surface area contributed by atoms with Crippen molar-refractivity contribution in [1.82, 2.24) is 15.0 Å². The van der Waals surface area contributed by atoms with Crippen LogP contribution in [0.3, 0.4) is 0 Å². The highest BCUT2D eigenvalue weighted by Crippen LogP contribution is 2.50. The standard InChI is InChI=1S/C20H34N4O/c1-14-9-16-10-15(2)12-20(11-14,13-16)19-22-18(25-23-19)17(21)7-5-6-8-24(3)4/h9,14-15,17H,5-8,10-13,21H2,1-4H3. The van der Waals surface area contributed by atoms with Crippen molar-refractivity contribution in [2.24, 2.45) is 17.6 Å². The number of rotatable bonds is 7. The zero-order chi connectivity index (χ0) is 18.0. The third-order valence-electron chi connectivity index (χ3n) is 5.75. The van der Waals surface area contributed by atoms with E-state index in [1.54, 1.807) is 5.57 Å². The minimum Gasteiger partial charge on any atom is -0.338 e. The lowest BCUT2D eigenvalue weighted by Crippen LogP contribution is -2.38. The molecule has 1 aromatic rings. The molecule has 3 rings (SSSR count). The van der Waals surface area contributed by atoms with Crippen molar-refractivity contribution in [3.8, 4) is 0 Å². The van der Waals surface area contributed by atoms with Crippen LogP contribution in [0.2, 0.25) is 0 Å². The van der Waals surface area contributed by atoms with Crippen LogP contribution in [0.4, 0.5) is 0 Å². The second kappa shape index (κ2) is 7.58. The van der Waals surface area contributed by atoms with Crippen LogP contribution in [-0.4, -0.2) is 35.7 Å². The van der Waals surface area contributed by atoms with E-state index in [2.05, 4.69) is 44.1 Å². The molecule has 2 bridgehead atoms. The van der Waals surface area contributed by atoms with E-state index in [-0.39, 0.29) is 11.5 Å². The third kappa shape index (κ3) is 4.32. The first-order chi connectivity index (χ1) is 11.9. The topological polar surface area (TPSA) is 68.2 Å². The lowest BCUT2D eigenvalue weighted by atomic mass is 9.60. The Morgan fingerprint density at radius 3 is 2.88 bits per heavy atom. The smallest absolute Gasteiger partial charge is 0.243 e. The summed E-state index contributed by atoms with van der Waals surface area (Å²) >= 11 is 0. The van der Waals surface area contributed by atoms with Crippen LogP contribution in [-0.2, 0) is 5.41 Å². The summed E-state index contributed by atoms with van der Waals surface area (Å²) in [6.07, 6.45) is 10.2. The lowest BCUT2D eigenvalue weighted by molar-refractivity contribution is 0.208. The second-order valence-electron chi connectivity index (χ2n) is 8.84. The number of allylic oxidation sites excluding steroid dienone is 2. The Morgan fingerprint density at radius 2 is 2.12 bits per heavy atom. The molecule has 4 unspecified atom stereocenters. The molecule has 0 aliphatic heterocycles. The van der Waals surface area contributed by atoms with Crippen LogP contribution in [0.25, 0.3) is 0 Å². The average molecular weight is 347 g/mol. The Bertz CT molecular complexity index is 609. The third-order valence-corrected chi connectivity index (χ3v) is 5.75. The highest BCUT2D eigenvalue weighted by molar-refractivity contribution is 5.25. The van der Waals surface area contributed by atoms with E-state index in [9.17, 15) is 0 Å². The number of nitrogens with two attached hydrogens (primary N) is 1. The molecule has 1 fully saturated rings. The molecule has 140 valence electrons. The Morgan fingerprint density at radius 1 is 1.32 bits per heavy atom. The number of hydrogen-bond acceptors (Lipinski definition) is 5. The summed E-state index contributed by atoms with van der Waals surface area (Å²) in [6.45, 7) is 5.74. The molecule has 5 heteroatoms. The number of unbranched alkanes of at least 4 members (excludes halogenated alkanes) is 1. The van der Waals surface area contributed by atoms with Gasteiger partial charge in [-0.15, -0.1) is 0 Å². The monoisotopic (exact) mass is 346 g/mol. The highest BCUT2D eigenvalue weighted by atomic mass is 16.5. The zero-order valence-corrected chi connectivity index (χ0v) is 16.3. The minimum atomic E-state index is -0.142. The van der Waals surface area contributed by atoms with Crippen LogP contribution in [0.5, 0.6) is 0 Å². The molecular formula is C20H34N4O. The molecule has 2 N–H and O–H groups in total. The molecule has 2 aliphatic carbocycles. The summed E-state index contributed by atoms with van der Waals surface area (Å²) in [7, 11) is 4.20. The first-order valence-corrected chi connectivity index (χ1v) is 9.82. The van der Waals surface area contributed by atoms with Gasteiger partial charge in [0.2, 0.25) is 5.89 Å². The molecule has 1 saturated carbocycles. The van der Waals surface area contributed by atoms with Crippen LogP contribution in [0.15, 0.2) is 16.2 Å². The van der Waals surface area contributed by atoms with Gasteiger partial charge in [0.25, 0.3) is 0 Å². The predicted octanol–water partition coefficient (Wildman–Crippen LogP) is 3.83.